The quantitative estimate of drug-likeness (QED) is 0.832. The van der Waals surface area contributed by atoms with Crippen LogP contribution in [-0.4, -0.2) is 17.2 Å². The lowest BCUT2D eigenvalue weighted by atomic mass is 9.94. The number of hydrogen-bond acceptors (Lipinski definition) is 3. The number of aliphatic hydroxyl groups excluding tert-OH is 1. The van der Waals surface area contributed by atoms with Gasteiger partial charge in [0.15, 0.2) is 5.76 Å². The zero-order valence-corrected chi connectivity index (χ0v) is 14.9. The molecule has 4 rings (SSSR count). The van der Waals surface area contributed by atoms with Crippen molar-refractivity contribution in [3.8, 4) is 0 Å². The molecule has 5 heteroatoms. The molecule has 1 unspecified atom stereocenters. The van der Waals surface area contributed by atoms with E-state index in [1.54, 1.807) is 19.1 Å². The van der Waals surface area contributed by atoms with Crippen molar-refractivity contribution in [1.82, 2.24) is 0 Å². The monoisotopic (exact) mass is 362 g/mol. The number of anilines is 1. The first-order valence-corrected chi connectivity index (χ1v) is 8.82. The molecule has 0 saturated carbocycles. The van der Waals surface area contributed by atoms with E-state index in [4.69, 9.17) is 0 Å². The molecule has 2 aliphatic heterocycles. The summed E-state index contributed by atoms with van der Waals surface area (Å²) >= 11 is 0. The van der Waals surface area contributed by atoms with Crippen LogP contribution >= 0.6 is 0 Å². The lowest BCUT2D eigenvalue weighted by Crippen LogP contribution is -2.30. The molecule has 2 aromatic rings. The molecule has 27 heavy (non-hydrogen) atoms. The summed E-state index contributed by atoms with van der Waals surface area (Å²) in [6, 6.07) is 9.75. The van der Waals surface area contributed by atoms with Crippen LogP contribution in [0.5, 0.6) is 0 Å². The largest absolute Gasteiger partial charge is 0.503 e. The zero-order chi connectivity index (χ0) is 19.1. The number of fused-ring (bicyclic) bond motifs is 1. The van der Waals surface area contributed by atoms with E-state index in [2.05, 4.69) is 11.6 Å². The molecule has 0 bridgehead atoms. The minimum absolute atomic E-state index is 0.305. The van der Waals surface area contributed by atoms with Crippen molar-refractivity contribution in [2.45, 2.75) is 25.8 Å². The summed E-state index contributed by atoms with van der Waals surface area (Å²) < 4.78 is 14.3. The third-order valence-electron chi connectivity index (χ3n) is 5.17. The van der Waals surface area contributed by atoms with Crippen molar-refractivity contribution in [2.24, 2.45) is 4.99 Å². The number of rotatable bonds is 3. The number of halogens is 1. The van der Waals surface area contributed by atoms with E-state index in [1.165, 1.54) is 17.0 Å². The van der Waals surface area contributed by atoms with Gasteiger partial charge in [-0.15, -0.1) is 0 Å². The first kappa shape index (κ1) is 17.2. The predicted octanol–water partition coefficient (Wildman–Crippen LogP) is 5.04. The van der Waals surface area contributed by atoms with Gasteiger partial charge in [0, 0.05) is 23.0 Å². The molecule has 0 radical (unpaired) electrons. The van der Waals surface area contributed by atoms with Gasteiger partial charge in [0.25, 0.3) is 5.91 Å². The third-order valence-corrected chi connectivity index (χ3v) is 5.17. The number of amides is 1. The molecular weight excluding hydrogens is 343 g/mol. The second-order valence-corrected chi connectivity index (χ2v) is 6.72. The van der Waals surface area contributed by atoms with Gasteiger partial charge in [0.2, 0.25) is 0 Å². The molecular formula is C22H19FN2O2. The molecule has 2 aliphatic rings. The van der Waals surface area contributed by atoms with Crippen LogP contribution in [0.25, 0.3) is 6.08 Å². The van der Waals surface area contributed by atoms with Gasteiger partial charge in [-0.05, 0) is 49.1 Å². The number of aliphatic imine (C=N–C) groups is 1. The van der Waals surface area contributed by atoms with Crippen LogP contribution in [0, 0.1) is 5.82 Å². The Balaban J connectivity index is 1.87. The van der Waals surface area contributed by atoms with Crippen LogP contribution in [0.4, 0.5) is 15.8 Å². The molecule has 0 aromatic heterocycles. The van der Waals surface area contributed by atoms with Crippen LogP contribution in [0.2, 0.25) is 0 Å². The van der Waals surface area contributed by atoms with E-state index < -0.39 is 17.8 Å². The molecule has 0 aliphatic carbocycles. The van der Waals surface area contributed by atoms with E-state index in [0.717, 1.165) is 24.1 Å². The summed E-state index contributed by atoms with van der Waals surface area (Å²) in [7, 11) is 0. The minimum Gasteiger partial charge on any atom is -0.503 e. The van der Waals surface area contributed by atoms with Gasteiger partial charge in [-0.2, -0.15) is 0 Å². The molecule has 2 heterocycles. The van der Waals surface area contributed by atoms with Crippen molar-refractivity contribution < 1.29 is 14.3 Å². The van der Waals surface area contributed by atoms with Crippen LogP contribution in [0.3, 0.4) is 0 Å². The Kier molecular flexibility index (Phi) is 4.15. The Morgan fingerprint density at radius 2 is 2.15 bits per heavy atom. The number of carbonyl (C=O) groups excluding carboxylic acids is 1. The first-order chi connectivity index (χ1) is 13.0. The zero-order valence-electron chi connectivity index (χ0n) is 14.9. The number of carbonyl (C=O) groups is 1. The van der Waals surface area contributed by atoms with E-state index >= 15 is 0 Å². The van der Waals surface area contributed by atoms with Crippen molar-refractivity contribution >= 4 is 29.6 Å². The second kappa shape index (κ2) is 6.50. The summed E-state index contributed by atoms with van der Waals surface area (Å²) in [6.45, 7) is 5.39. The fourth-order valence-electron chi connectivity index (χ4n) is 3.79. The van der Waals surface area contributed by atoms with E-state index in [-0.39, 0.29) is 5.76 Å². The summed E-state index contributed by atoms with van der Waals surface area (Å²) in [6.07, 6.45) is 5.10. The van der Waals surface area contributed by atoms with Gasteiger partial charge in [-0.25, -0.2) is 4.39 Å². The van der Waals surface area contributed by atoms with Gasteiger partial charge < -0.3 is 5.11 Å². The average molecular weight is 362 g/mol. The molecule has 2 aromatic carbocycles. The Morgan fingerprint density at radius 1 is 1.33 bits per heavy atom. The van der Waals surface area contributed by atoms with Gasteiger partial charge in [-0.3, -0.25) is 14.7 Å². The number of nitrogens with zero attached hydrogens (tertiary/aromatic N) is 2. The van der Waals surface area contributed by atoms with Gasteiger partial charge in [0.05, 0.1) is 11.7 Å². The summed E-state index contributed by atoms with van der Waals surface area (Å²) in [5.41, 5.74) is 3.94. The highest BCUT2D eigenvalue weighted by molar-refractivity contribution is 6.09. The van der Waals surface area contributed by atoms with Crippen LogP contribution in [0.15, 0.2) is 59.3 Å². The van der Waals surface area contributed by atoms with Gasteiger partial charge >= 0.3 is 0 Å². The standard InChI is InChI=1S/C22H19FN2O2/c1-3-16-17(7-4-8-18(16)23)20-13(2)21(26)22(27)25(20)15-10-9-14-6-5-11-24-19(14)12-15/h3-4,7-12,20,26H,1,5-6H2,2H3. The maximum atomic E-state index is 14.3. The minimum atomic E-state index is -0.605. The maximum Gasteiger partial charge on any atom is 0.293 e. The van der Waals surface area contributed by atoms with Crippen molar-refractivity contribution in [2.75, 3.05) is 4.90 Å². The molecule has 1 amide bonds. The van der Waals surface area contributed by atoms with Gasteiger partial charge in [-0.1, -0.05) is 30.9 Å². The number of benzene rings is 2. The Labute approximate surface area is 157 Å². The molecule has 0 spiro atoms. The Hall–Kier alpha value is -3.21. The maximum absolute atomic E-state index is 14.3. The molecule has 1 atom stereocenters. The summed E-state index contributed by atoms with van der Waals surface area (Å²) in [5.74, 6) is -1.22. The van der Waals surface area contributed by atoms with Crippen molar-refractivity contribution in [1.29, 1.82) is 0 Å². The second-order valence-electron chi connectivity index (χ2n) is 6.72. The number of hydrogen-bond donors (Lipinski definition) is 1. The van der Waals surface area contributed by atoms with Crippen LogP contribution in [-0.2, 0) is 11.2 Å². The highest BCUT2D eigenvalue weighted by atomic mass is 19.1. The normalized spacial score (nSPS) is 18.8. The van der Waals surface area contributed by atoms with Crippen molar-refractivity contribution in [3.05, 3.63) is 76.8 Å². The van der Waals surface area contributed by atoms with E-state index in [9.17, 15) is 14.3 Å². The highest BCUT2D eigenvalue weighted by Crippen LogP contribution is 2.43. The smallest absolute Gasteiger partial charge is 0.293 e. The fraction of sp³-hybridized carbons (Fsp3) is 0.182. The summed E-state index contributed by atoms with van der Waals surface area (Å²) in [5, 5.41) is 10.3. The first-order valence-electron chi connectivity index (χ1n) is 8.82. The average Bonchev–Trinajstić information content (AvgIpc) is 2.91. The molecule has 136 valence electrons. The topological polar surface area (TPSA) is 52.9 Å². The lowest BCUT2D eigenvalue weighted by molar-refractivity contribution is -0.117. The van der Waals surface area contributed by atoms with Crippen molar-refractivity contribution in [3.63, 3.8) is 0 Å². The highest BCUT2D eigenvalue weighted by Gasteiger charge is 2.40. The van der Waals surface area contributed by atoms with E-state index in [0.29, 0.717) is 22.4 Å². The SMILES string of the molecule is C=Cc1c(F)cccc1C1C(C)=C(O)C(=O)N1c1ccc2c(c1)N=CCC2. The molecule has 4 nitrogen and oxygen atoms in total. The van der Waals surface area contributed by atoms with E-state index in [1.807, 2.05) is 24.4 Å². The Bertz CT molecular complexity index is 1020. The third kappa shape index (κ3) is 2.67. The van der Waals surface area contributed by atoms with Crippen LogP contribution < -0.4 is 4.90 Å². The Morgan fingerprint density at radius 3 is 2.93 bits per heavy atom. The fourth-order valence-corrected chi connectivity index (χ4v) is 3.79. The van der Waals surface area contributed by atoms with Crippen LogP contribution in [0.1, 0.15) is 36.1 Å². The number of aryl methyl sites for hydroxylation is 1. The molecule has 0 saturated heterocycles. The summed E-state index contributed by atoms with van der Waals surface area (Å²) in [4.78, 5) is 18.7. The molecule has 0 fully saturated rings. The predicted molar refractivity (Wildman–Crippen MR) is 105 cm³/mol. The lowest BCUT2D eigenvalue weighted by Gasteiger charge is -2.28. The number of aliphatic hydroxyl groups is 1. The van der Waals surface area contributed by atoms with Gasteiger partial charge in [0.1, 0.15) is 5.82 Å². The molecule has 1 N–H and O–H groups in total.